The topological polar surface area (TPSA) is 42.0 Å². The second kappa shape index (κ2) is 6.14. The number of carbonyl (C=O) groups is 1. The number of benzene rings is 1. The molecular weight excluding hydrogens is 236 g/mol. The zero-order valence-corrected chi connectivity index (χ0v) is 11.3. The maximum atomic E-state index is 11.9. The smallest absolute Gasteiger partial charge is 0.225 e. The molecule has 0 aliphatic rings. The molecule has 1 heterocycles. The molecule has 0 fully saturated rings. The fraction of sp³-hybridized carbons (Fsp3) is 0.250. The van der Waals surface area contributed by atoms with Gasteiger partial charge in [-0.2, -0.15) is 0 Å². The van der Waals surface area contributed by atoms with Gasteiger partial charge in [0.25, 0.3) is 0 Å². The highest BCUT2D eigenvalue weighted by molar-refractivity contribution is 5.89. The van der Waals surface area contributed by atoms with Gasteiger partial charge < -0.3 is 5.32 Å². The second-order valence-corrected chi connectivity index (χ2v) is 4.70. The van der Waals surface area contributed by atoms with Crippen molar-refractivity contribution in [2.75, 3.05) is 5.32 Å². The first kappa shape index (κ1) is 13.3. The molecule has 0 saturated carbocycles. The summed E-state index contributed by atoms with van der Waals surface area (Å²) in [7, 11) is 0. The number of aryl methyl sites for hydroxylation is 3. The predicted molar refractivity (Wildman–Crippen MR) is 77.1 cm³/mol. The van der Waals surface area contributed by atoms with E-state index in [1.165, 1.54) is 5.56 Å². The number of pyridine rings is 1. The van der Waals surface area contributed by atoms with Crippen LogP contribution in [0.5, 0.6) is 0 Å². The van der Waals surface area contributed by atoms with Gasteiger partial charge >= 0.3 is 0 Å². The molecule has 0 radical (unpaired) electrons. The van der Waals surface area contributed by atoms with Gasteiger partial charge in [0, 0.05) is 12.1 Å². The Morgan fingerprint density at radius 2 is 1.89 bits per heavy atom. The molecule has 1 aromatic heterocycles. The van der Waals surface area contributed by atoms with Gasteiger partial charge in [0.2, 0.25) is 5.91 Å². The van der Waals surface area contributed by atoms with Gasteiger partial charge in [-0.05, 0) is 43.5 Å². The molecule has 0 bridgehead atoms. The largest absolute Gasteiger partial charge is 0.311 e. The molecule has 1 amide bonds. The van der Waals surface area contributed by atoms with Gasteiger partial charge in [-0.3, -0.25) is 4.79 Å². The van der Waals surface area contributed by atoms with E-state index in [-0.39, 0.29) is 5.91 Å². The van der Waals surface area contributed by atoms with Crippen LogP contribution in [0.15, 0.2) is 42.5 Å². The highest BCUT2D eigenvalue weighted by atomic mass is 16.1. The Hall–Kier alpha value is -2.16. The van der Waals surface area contributed by atoms with Crippen LogP contribution in [-0.4, -0.2) is 10.9 Å². The first-order valence-corrected chi connectivity index (χ1v) is 6.42. The van der Waals surface area contributed by atoms with Gasteiger partial charge in [-0.1, -0.05) is 30.3 Å². The SMILES string of the molecule is Cc1cc(C)nc(NC(=O)CCc2ccccc2)c1. The quantitative estimate of drug-likeness (QED) is 0.909. The van der Waals surface area contributed by atoms with Crippen LogP contribution in [0.4, 0.5) is 5.82 Å². The summed E-state index contributed by atoms with van der Waals surface area (Å²) >= 11 is 0. The summed E-state index contributed by atoms with van der Waals surface area (Å²) in [6, 6.07) is 13.9. The maximum Gasteiger partial charge on any atom is 0.225 e. The van der Waals surface area contributed by atoms with Crippen molar-refractivity contribution in [2.45, 2.75) is 26.7 Å². The minimum atomic E-state index is 0.00125. The average Bonchev–Trinajstić information content (AvgIpc) is 2.36. The standard InChI is InChI=1S/C16H18N2O/c1-12-10-13(2)17-15(11-12)18-16(19)9-8-14-6-4-3-5-7-14/h3-7,10-11H,8-9H2,1-2H3,(H,17,18,19). The number of anilines is 1. The summed E-state index contributed by atoms with van der Waals surface area (Å²) in [5.74, 6) is 0.636. The zero-order chi connectivity index (χ0) is 13.7. The molecule has 0 saturated heterocycles. The van der Waals surface area contributed by atoms with Crippen molar-refractivity contribution in [1.29, 1.82) is 0 Å². The lowest BCUT2D eigenvalue weighted by atomic mass is 10.1. The molecular formula is C16H18N2O. The molecule has 3 heteroatoms. The van der Waals surface area contributed by atoms with Gasteiger partial charge in [0.15, 0.2) is 0 Å². The Kier molecular flexibility index (Phi) is 4.29. The van der Waals surface area contributed by atoms with Crippen molar-refractivity contribution in [1.82, 2.24) is 4.98 Å². The van der Waals surface area contributed by atoms with Gasteiger partial charge in [-0.15, -0.1) is 0 Å². The molecule has 19 heavy (non-hydrogen) atoms. The first-order chi connectivity index (χ1) is 9.13. The van der Waals surface area contributed by atoms with Crippen molar-refractivity contribution in [3.8, 4) is 0 Å². The highest BCUT2D eigenvalue weighted by Gasteiger charge is 2.04. The number of aromatic nitrogens is 1. The van der Waals surface area contributed by atoms with Crippen molar-refractivity contribution in [2.24, 2.45) is 0 Å². The second-order valence-electron chi connectivity index (χ2n) is 4.70. The molecule has 2 aromatic rings. The van der Waals surface area contributed by atoms with E-state index in [1.54, 1.807) is 0 Å². The monoisotopic (exact) mass is 254 g/mol. The fourth-order valence-electron chi connectivity index (χ4n) is 2.01. The van der Waals surface area contributed by atoms with Gasteiger partial charge in [0.1, 0.15) is 5.82 Å². The lowest BCUT2D eigenvalue weighted by molar-refractivity contribution is -0.116. The van der Waals surface area contributed by atoms with E-state index in [9.17, 15) is 4.79 Å². The number of nitrogens with one attached hydrogen (secondary N) is 1. The number of amides is 1. The summed E-state index contributed by atoms with van der Waals surface area (Å²) in [5.41, 5.74) is 3.19. The van der Waals surface area contributed by atoms with Crippen molar-refractivity contribution >= 4 is 11.7 Å². The van der Waals surface area contributed by atoms with Crippen LogP contribution in [0.3, 0.4) is 0 Å². The van der Waals surface area contributed by atoms with Crippen LogP contribution < -0.4 is 5.32 Å². The lowest BCUT2D eigenvalue weighted by Crippen LogP contribution is -2.13. The van der Waals surface area contributed by atoms with E-state index in [4.69, 9.17) is 0 Å². The summed E-state index contributed by atoms with van der Waals surface area (Å²) < 4.78 is 0. The number of hydrogen-bond donors (Lipinski definition) is 1. The van der Waals surface area contributed by atoms with Crippen LogP contribution in [0.1, 0.15) is 23.2 Å². The van der Waals surface area contributed by atoms with Crippen molar-refractivity contribution in [3.63, 3.8) is 0 Å². The van der Waals surface area contributed by atoms with Crippen LogP contribution in [-0.2, 0) is 11.2 Å². The predicted octanol–water partition coefficient (Wildman–Crippen LogP) is 3.27. The minimum absolute atomic E-state index is 0.00125. The fourth-order valence-corrected chi connectivity index (χ4v) is 2.01. The van der Waals surface area contributed by atoms with Gasteiger partial charge in [0.05, 0.1) is 0 Å². The maximum absolute atomic E-state index is 11.9. The van der Waals surface area contributed by atoms with Crippen LogP contribution in [0.25, 0.3) is 0 Å². The first-order valence-electron chi connectivity index (χ1n) is 6.42. The summed E-state index contributed by atoms with van der Waals surface area (Å²) in [4.78, 5) is 16.2. The molecule has 98 valence electrons. The van der Waals surface area contributed by atoms with E-state index in [0.717, 1.165) is 17.7 Å². The van der Waals surface area contributed by atoms with Crippen molar-refractivity contribution in [3.05, 3.63) is 59.3 Å². The Morgan fingerprint density at radius 1 is 1.16 bits per heavy atom. The zero-order valence-electron chi connectivity index (χ0n) is 11.3. The van der Waals surface area contributed by atoms with E-state index in [1.807, 2.05) is 56.3 Å². The third kappa shape index (κ3) is 4.21. The Balaban J connectivity index is 1.91. The number of hydrogen-bond acceptors (Lipinski definition) is 2. The third-order valence-corrected chi connectivity index (χ3v) is 2.85. The van der Waals surface area contributed by atoms with E-state index >= 15 is 0 Å². The molecule has 0 spiro atoms. The van der Waals surface area contributed by atoms with Crippen LogP contribution in [0, 0.1) is 13.8 Å². The summed E-state index contributed by atoms with van der Waals surface area (Å²) in [5, 5.41) is 2.84. The van der Waals surface area contributed by atoms with Crippen LogP contribution in [0.2, 0.25) is 0 Å². The van der Waals surface area contributed by atoms with Gasteiger partial charge in [-0.25, -0.2) is 4.98 Å². The minimum Gasteiger partial charge on any atom is -0.311 e. The molecule has 1 aromatic carbocycles. The summed E-state index contributed by atoms with van der Waals surface area (Å²) in [6.07, 6.45) is 1.22. The van der Waals surface area contributed by atoms with Crippen molar-refractivity contribution < 1.29 is 4.79 Å². The number of nitrogens with zero attached hydrogens (tertiary/aromatic N) is 1. The molecule has 0 aliphatic carbocycles. The van der Waals surface area contributed by atoms with E-state index in [0.29, 0.717) is 12.2 Å². The molecule has 2 rings (SSSR count). The van der Waals surface area contributed by atoms with E-state index in [2.05, 4.69) is 10.3 Å². The molecule has 0 atom stereocenters. The Labute approximate surface area is 113 Å². The average molecular weight is 254 g/mol. The van der Waals surface area contributed by atoms with Crippen LogP contribution >= 0.6 is 0 Å². The lowest BCUT2D eigenvalue weighted by Gasteiger charge is -2.06. The molecule has 3 nitrogen and oxygen atoms in total. The summed E-state index contributed by atoms with van der Waals surface area (Å²) in [6.45, 7) is 3.92. The highest BCUT2D eigenvalue weighted by Crippen LogP contribution is 2.10. The normalized spacial score (nSPS) is 10.2. The Bertz CT molecular complexity index is 544. The number of rotatable bonds is 4. The molecule has 0 aliphatic heterocycles. The third-order valence-electron chi connectivity index (χ3n) is 2.85. The number of carbonyl (C=O) groups excluding carboxylic acids is 1. The molecule has 0 unspecified atom stereocenters. The van der Waals surface area contributed by atoms with E-state index < -0.39 is 0 Å². The molecule has 1 N–H and O–H groups in total. The Morgan fingerprint density at radius 3 is 2.58 bits per heavy atom.